The second-order valence-electron chi connectivity index (χ2n) is 3.02. The van der Waals surface area contributed by atoms with Crippen LogP contribution in [-0.4, -0.2) is 12.1 Å². The Hall–Kier alpha value is -1.77. The van der Waals surface area contributed by atoms with Crippen LogP contribution in [0.3, 0.4) is 0 Å². The maximum absolute atomic E-state index is 5.23. The van der Waals surface area contributed by atoms with Crippen molar-refractivity contribution in [2.24, 2.45) is 0 Å². The van der Waals surface area contributed by atoms with Crippen molar-refractivity contribution >= 4 is 0 Å². The molecule has 3 heteroatoms. The van der Waals surface area contributed by atoms with Crippen LogP contribution in [0.1, 0.15) is 5.56 Å². The van der Waals surface area contributed by atoms with Gasteiger partial charge in [0, 0.05) is 5.56 Å². The molecular formula is C11H11NO2. The van der Waals surface area contributed by atoms with E-state index in [-0.39, 0.29) is 0 Å². The van der Waals surface area contributed by atoms with E-state index in [9.17, 15) is 0 Å². The highest BCUT2D eigenvalue weighted by molar-refractivity contribution is 5.60. The average Bonchev–Trinajstić information content (AvgIpc) is 2.71. The van der Waals surface area contributed by atoms with Gasteiger partial charge in [-0.2, -0.15) is 0 Å². The molecular weight excluding hydrogens is 178 g/mol. The fourth-order valence-electron chi connectivity index (χ4n) is 1.31. The van der Waals surface area contributed by atoms with Crippen molar-refractivity contribution in [3.63, 3.8) is 0 Å². The normalized spacial score (nSPS) is 10.1. The minimum absolute atomic E-state index is 0.626. The van der Waals surface area contributed by atoms with Crippen LogP contribution in [0.5, 0.6) is 5.75 Å². The molecule has 1 heterocycles. The molecule has 72 valence electrons. The number of hydrogen-bond donors (Lipinski definition) is 0. The second kappa shape index (κ2) is 3.54. The predicted molar refractivity (Wildman–Crippen MR) is 53.2 cm³/mol. The first-order valence-electron chi connectivity index (χ1n) is 4.36. The topological polar surface area (TPSA) is 35.3 Å². The third-order valence-corrected chi connectivity index (χ3v) is 2.11. The first kappa shape index (κ1) is 8.81. The van der Waals surface area contributed by atoms with Gasteiger partial charge in [-0.15, -0.1) is 0 Å². The van der Waals surface area contributed by atoms with Crippen molar-refractivity contribution in [1.82, 2.24) is 4.98 Å². The number of oxazole rings is 1. The van der Waals surface area contributed by atoms with E-state index in [1.54, 1.807) is 19.6 Å². The van der Waals surface area contributed by atoms with Crippen LogP contribution < -0.4 is 4.74 Å². The number of aryl methyl sites for hydroxylation is 1. The molecule has 0 unspecified atom stereocenters. The van der Waals surface area contributed by atoms with Crippen LogP contribution in [0.4, 0.5) is 0 Å². The van der Waals surface area contributed by atoms with E-state index in [0.29, 0.717) is 5.89 Å². The van der Waals surface area contributed by atoms with Gasteiger partial charge in [0.2, 0.25) is 5.89 Å². The van der Waals surface area contributed by atoms with E-state index < -0.39 is 0 Å². The maximum Gasteiger partial charge on any atom is 0.226 e. The van der Waals surface area contributed by atoms with Gasteiger partial charge in [0.15, 0.2) is 0 Å². The zero-order valence-electron chi connectivity index (χ0n) is 8.15. The minimum atomic E-state index is 0.626. The van der Waals surface area contributed by atoms with E-state index >= 15 is 0 Å². The molecule has 0 bridgehead atoms. The molecule has 14 heavy (non-hydrogen) atoms. The van der Waals surface area contributed by atoms with Gasteiger partial charge in [0.05, 0.1) is 13.3 Å². The summed E-state index contributed by atoms with van der Waals surface area (Å²) in [6.45, 7) is 2.01. The Kier molecular flexibility index (Phi) is 2.23. The number of ether oxygens (including phenoxy) is 1. The molecule has 1 aromatic carbocycles. The van der Waals surface area contributed by atoms with Gasteiger partial charge in [0.25, 0.3) is 0 Å². The van der Waals surface area contributed by atoms with Gasteiger partial charge in [-0.05, 0) is 24.6 Å². The second-order valence-corrected chi connectivity index (χ2v) is 3.02. The molecule has 0 aliphatic rings. The fraction of sp³-hybridized carbons (Fsp3) is 0.182. The number of nitrogens with zero attached hydrogens (tertiary/aromatic N) is 1. The number of hydrogen-bond acceptors (Lipinski definition) is 3. The van der Waals surface area contributed by atoms with Gasteiger partial charge in [-0.1, -0.05) is 6.07 Å². The zero-order valence-corrected chi connectivity index (χ0v) is 8.15. The first-order chi connectivity index (χ1) is 6.81. The Labute approximate surface area is 82.3 Å². The lowest BCUT2D eigenvalue weighted by Crippen LogP contribution is -1.87. The third-order valence-electron chi connectivity index (χ3n) is 2.11. The molecule has 3 nitrogen and oxygen atoms in total. The summed E-state index contributed by atoms with van der Waals surface area (Å²) in [5.74, 6) is 1.44. The van der Waals surface area contributed by atoms with Gasteiger partial charge in [0.1, 0.15) is 12.0 Å². The molecule has 0 N–H and O–H groups in total. The summed E-state index contributed by atoms with van der Waals surface area (Å²) < 4.78 is 10.4. The summed E-state index contributed by atoms with van der Waals surface area (Å²) in [7, 11) is 1.64. The molecule has 0 aliphatic heterocycles. The zero-order chi connectivity index (χ0) is 9.97. The lowest BCUT2D eigenvalue weighted by Gasteiger charge is -2.04. The van der Waals surface area contributed by atoms with Crippen LogP contribution in [0, 0.1) is 6.92 Å². The Morgan fingerprint density at radius 1 is 1.36 bits per heavy atom. The van der Waals surface area contributed by atoms with Gasteiger partial charge < -0.3 is 9.15 Å². The van der Waals surface area contributed by atoms with Crippen molar-refractivity contribution < 1.29 is 9.15 Å². The Balaban J connectivity index is 2.51. The monoisotopic (exact) mass is 189 g/mol. The van der Waals surface area contributed by atoms with Crippen LogP contribution in [0.15, 0.2) is 35.1 Å². The van der Waals surface area contributed by atoms with Crippen LogP contribution in [-0.2, 0) is 0 Å². The fourth-order valence-corrected chi connectivity index (χ4v) is 1.31. The van der Waals surface area contributed by atoms with Crippen LogP contribution in [0.2, 0.25) is 0 Å². The van der Waals surface area contributed by atoms with E-state index in [4.69, 9.17) is 9.15 Å². The summed E-state index contributed by atoms with van der Waals surface area (Å²) in [5, 5.41) is 0. The molecule has 2 aromatic rings. The van der Waals surface area contributed by atoms with Gasteiger partial charge in [-0.3, -0.25) is 0 Å². The summed E-state index contributed by atoms with van der Waals surface area (Å²) >= 11 is 0. The predicted octanol–water partition coefficient (Wildman–Crippen LogP) is 2.66. The average molecular weight is 189 g/mol. The summed E-state index contributed by atoms with van der Waals surface area (Å²) in [4.78, 5) is 4.10. The van der Waals surface area contributed by atoms with Crippen LogP contribution >= 0.6 is 0 Å². The molecule has 0 atom stereocenters. The van der Waals surface area contributed by atoms with E-state index in [2.05, 4.69) is 4.98 Å². The number of aromatic nitrogens is 1. The van der Waals surface area contributed by atoms with Gasteiger partial charge >= 0.3 is 0 Å². The SMILES string of the molecule is COc1ccc(C)c(-c2ncco2)c1. The molecule has 0 fully saturated rings. The molecule has 0 saturated heterocycles. The quantitative estimate of drug-likeness (QED) is 0.728. The van der Waals surface area contributed by atoms with Crippen molar-refractivity contribution in [3.05, 3.63) is 36.2 Å². The molecule has 0 spiro atoms. The Bertz CT molecular complexity index is 421. The highest BCUT2D eigenvalue weighted by Crippen LogP contribution is 2.25. The lowest BCUT2D eigenvalue weighted by molar-refractivity contribution is 0.414. The molecule has 1 aromatic heterocycles. The van der Waals surface area contributed by atoms with Crippen molar-refractivity contribution in [1.29, 1.82) is 0 Å². The lowest BCUT2D eigenvalue weighted by atomic mass is 10.1. The Morgan fingerprint density at radius 2 is 2.21 bits per heavy atom. The molecule has 0 saturated carbocycles. The number of benzene rings is 1. The molecule has 0 radical (unpaired) electrons. The third kappa shape index (κ3) is 1.48. The van der Waals surface area contributed by atoms with Crippen molar-refractivity contribution in [2.75, 3.05) is 7.11 Å². The van der Waals surface area contributed by atoms with Crippen molar-refractivity contribution in [2.45, 2.75) is 6.92 Å². The summed E-state index contributed by atoms with van der Waals surface area (Å²) in [6, 6.07) is 5.82. The highest BCUT2D eigenvalue weighted by Gasteiger charge is 2.07. The Morgan fingerprint density at radius 3 is 2.86 bits per heavy atom. The maximum atomic E-state index is 5.23. The smallest absolute Gasteiger partial charge is 0.226 e. The van der Waals surface area contributed by atoms with Crippen molar-refractivity contribution in [3.8, 4) is 17.2 Å². The van der Waals surface area contributed by atoms with Gasteiger partial charge in [-0.25, -0.2) is 4.98 Å². The molecule has 0 amide bonds. The molecule has 0 aliphatic carbocycles. The molecule has 2 rings (SSSR count). The minimum Gasteiger partial charge on any atom is -0.497 e. The van der Waals surface area contributed by atoms with E-state index in [0.717, 1.165) is 16.9 Å². The first-order valence-corrected chi connectivity index (χ1v) is 4.36. The number of rotatable bonds is 2. The van der Waals surface area contributed by atoms with E-state index in [1.807, 2.05) is 25.1 Å². The summed E-state index contributed by atoms with van der Waals surface area (Å²) in [5.41, 5.74) is 2.09. The van der Waals surface area contributed by atoms with E-state index in [1.165, 1.54) is 0 Å². The summed E-state index contributed by atoms with van der Waals surface area (Å²) in [6.07, 6.45) is 3.20. The number of methoxy groups -OCH3 is 1. The standard InChI is InChI=1S/C11H11NO2/c1-8-3-4-9(13-2)7-10(8)11-12-5-6-14-11/h3-7H,1-2H3. The largest absolute Gasteiger partial charge is 0.497 e. The highest BCUT2D eigenvalue weighted by atomic mass is 16.5. The van der Waals surface area contributed by atoms with Crippen LogP contribution in [0.25, 0.3) is 11.5 Å².